The maximum absolute atomic E-state index is 13.4. The molecule has 0 N–H and O–H groups in total. The van der Waals surface area contributed by atoms with Crippen LogP contribution in [0.2, 0.25) is 0 Å². The average Bonchev–Trinajstić information content (AvgIpc) is 2.40. The molecule has 0 heterocycles. The molecule has 0 fully saturated rings. The van der Waals surface area contributed by atoms with Crippen LogP contribution in [0, 0.1) is 46.5 Å². The van der Waals surface area contributed by atoms with Gasteiger partial charge >= 0.3 is 0 Å². The van der Waals surface area contributed by atoms with Gasteiger partial charge in [0, 0.05) is 11.6 Å². The Bertz CT molecular complexity index is 678. The normalized spacial score (nSPS) is 11.0. The van der Waals surface area contributed by atoms with Gasteiger partial charge in [0.15, 0.2) is 34.9 Å². The van der Waals surface area contributed by atoms with Crippen molar-refractivity contribution in [2.24, 2.45) is 0 Å². The van der Waals surface area contributed by atoms with Gasteiger partial charge in [-0.15, -0.1) is 0 Å². The van der Waals surface area contributed by atoms with E-state index in [1.54, 1.807) is 0 Å². The van der Waals surface area contributed by atoms with Gasteiger partial charge in [0.05, 0.1) is 5.56 Å². The van der Waals surface area contributed by atoms with Gasteiger partial charge in [-0.1, -0.05) is 0 Å². The molecule has 2 aromatic carbocycles. The van der Waals surface area contributed by atoms with Crippen LogP contribution in [0.15, 0.2) is 12.1 Å². The maximum atomic E-state index is 13.4. The average molecular weight is 298 g/mol. The SMILES string of the molecule is Fc1cc(F)c(-c2c(F)c(F)c(F)c(F)c2F)cc1F. The first-order chi connectivity index (χ1) is 9.25. The van der Waals surface area contributed by atoms with E-state index in [1.807, 2.05) is 0 Å². The van der Waals surface area contributed by atoms with Crippen LogP contribution in [0.4, 0.5) is 35.1 Å². The summed E-state index contributed by atoms with van der Waals surface area (Å²) in [7, 11) is 0. The molecule has 2 aromatic rings. The second-order valence-corrected chi connectivity index (χ2v) is 3.69. The van der Waals surface area contributed by atoms with Crippen LogP contribution in [-0.2, 0) is 0 Å². The Morgan fingerprint density at radius 2 is 0.850 bits per heavy atom. The van der Waals surface area contributed by atoms with Crippen molar-refractivity contribution in [2.45, 2.75) is 0 Å². The van der Waals surface area contributed by atoms with Crippen LogP contribution in [-0.4, -0.2) is 0 Å². The second-order valence-electron chi connectivity index (χ2n) is 3.69. The molecule has 0 amide bonds. The first-order valence-corrected chi connectivity index (χ1v) is 4.92. The van der Waals surface area contributed by atoms with Crippen LogP contribution in [0.5, 0.6) is 0 Å². The highest BCUT2D eigenvalue weighted by atomic mass is 19.2. The topological polar surface area (TPSA) is 0 Å². The zero-order valence-corrected chi connectivity index (χ0v) is 9.18. The van der Waals surface area contributed by atoms with Crippen LogP contribution in [0.1, 0.15) is 0 Å². The third kappa shape index (κ3) is 2.00. The van der Waals surface area contributed by atoms with Crippen molar-refractivity contribution in [3.8, 4) is 11.1 Å². The summed E-state index contributed by atoms with van der Waals surface area (Å²) in [4.78, 5) is 0. The fourth-order valence-corrected chi connectivity index (χ4v) is 1.56. The Labute approximate surface area is 106 Å². The summed E-state index contributed by atoms with van der Waals surface area (Å²) in [6, 6.07) is -0.0638. The van der Waals surface area contributed by atoms with E-state index in [2.05, 4.69) is 0 Å². The quantitative estimate of drug-likeness (QED) is 0.414. The van der Waals surface area contributed by atoms with Crippen molar-refractivity contribution < 1.29 is 35.1 Å². The largest absolute Gasteiger partial charge is 0.206 e. The van der Waals surface area contributed by atoms with Crippen molar-refractivity contribution >= 4 is 0 Å². The zero-order chi connectivity index (χ0) is 15.2. The number of hydrogen-bond acceptors (Lipinski definition) is 0. The zero-order valence-electron chi connectivity index (χ0n) is 9.18. The highest BCUT2D eigenvalue weighted by Crippen LogP contribution is 2.33. The van der Waals surface area contributed by atoms with Crippen LogP contribution in [0.3, 0.4) is 0 Å². The molecule has 0 nitrogen and oxygen atoms in total. The van der Waals surface area contributed by atoms with Crippen LogP contribution < -0.4 is 0 Å². The summed E-state index contributed by atoms with van der Waals surface area (Å²) >= 11 is 0. The lowest BCUT2D eigenvalue weighted by molar-refractivity contribution is 0.380. The van der Waals surface area contributed by atoms with Gasteiger partial charge in [-0.3, -0.25) is 0 Å². The molecule has 0 spiro atoms. The number of rotatable bonds is 1. The molecular formula is C12H2F8. The highest BCUT2D eigenvalue weighted by molar-refractivity contribution is 5.66. The van der Waals surface area contributed by atoms with Gasteiger partial charge in [-0.05, 0) is 6.07 Å². The van der Waals surface area contributed by atoms with Crippen LogP contribution >= 0.6 is 0 Å². The summed E-state index contributed by atoms with van der Waals surface area (Å²) in [5.41, 5.74) is -2.95. The molecule has 0 aromatic heterocycles. The Kier molecular flexibility index (Phi) is 3.41. The van der Waals surface area contributed by atoms with Crippen molar-refractivity contribution in [1.82, 2.24) is 0 Å². The monoisotopic (exact) mass is 298 g/mol. The summed E-state index contributed by atoms with van der Waals surface area (Å²) in [5, 5.41) is 0. The summed E-state index contributed by atoms with van der Waals surface area (Å²) in [5.74, 6) is -16.8. The van der Waals surface area contributed by atoms with Crippen molar-refractivity contribution in [3.05, 3.63) is 58.7 Å². The molecule has 0 unspecified atom stereocenters. The van der Waals surface area contributed by atoms with Crippen molar-refractivity contribution in [1.29, 1.82) is 0 Å². The molecule has 0 saturated carbocycles. The van der Waals surface area contributed by atoms with Gasteiger partial charge in [0.1, 0.15) is 5.82 Å². The van der Waals surface area contributed by atoms with Gasteiger partial charge in [0.2, 0.25) is 5.82 Å². The molecule has 0 aliphatic carbocycles. The lowest BCUT2D eigenvalue weighted by Crippen LogP contribution is -2.05. The smallest absolute Gasteiger partial charge is 0.200 e. The fraction of sp³-hybridized carbons (Fsp3) is 0. The second kappa shape index (κ2) is 4.77. The van der Waals surface area contributed by atoms with E-state index >= 15 is 0 Å². The maximum Gasteiger partial charge on any atom is 0.200 e. The fourth-order valence-electron chi connectivity index (χ4n) is 1.56. The number of hydrogen-bond donors (Lipinski definition) is 0. The molecule has 2 rings (SSSR count). The Balaban J connectivity index is 2.87. The Hall–Kier alpha value is -2.12. The molecule has 0 aliphatic heterocycles. The molecule has 20 heavy (non-hydrogen) atoms. The highest BCUT2D eigenvalue weighted by Gasteiger charge is 2.28. The summed E-state index contributed by atoms with van der Waals surface area (Å²) < 4.78 is 104. The Morgan fingerprint density at radius 3 is 1.35 bits per heavy atom. The third-order valence-electron chi connectivity index (χ3n) is 2.49. The van der Waals surface area contributed by atoms with E-state index in [1.165, 1.54) is 0 Å². The summed E-state index contributed by atoms with van der Waals surface area (Å²) in [6.07, 6.45) is 0. The van der Waals surface area contributed by atoms with Gasteiger partial charge in [0.25, 0.3) is 0 Å². The van der Waals surface area contributed by atoms with E-state index in [0.29, 0.717) is 0 Å². The molecule has 0 bridgehead atoms. The van der Waals surface area contributed by atoms with E-state index in [-0.39, 0.29) is 12.1 Å². The minimum Gasteiger partial charge on any atom is -0.206 e. The predicted octanol–water partition coefficient (Wildman–Crippen LogP) is 4.47. The molecule has 0 saturated heterocycles. The molecule has 8 heteroatoms. The molecule has 0 radical (unpaired) electrons. The molecule has 106 valence electrons. The summed E-state index contributed by atoms with van der Waals surface area (Å²) in [6.45, 7) is 0. The van der Waals surface area contributed by atoms with E-state index in [4.69, 9.17) is 0 Å². The first kappa shape index (κ1) is 14.3. The standard InChI is InChI=1S/C12H2F8/c13-4-2-6(15)5(14)1-3(4)7-8(16)10(18)12(20)11(19)9(7)17/h1-2H. The first-order valence-electron chi connectivity index (χ1n) is 4.92. The van der Waals surface area contributed by atoms with Crippen molar-refractivity contribution in [3.63, 3.8) is 0 Å². The van der Waals surface area contributed by atoms with E-state index in [0.717, 1.165) is 0 Å². The van der Waals surface area contributed by atoms with Gasteiger partial charge in [-0.25, -0.2) is 35.1 Å². The molecule has 0 atom stereocenters. The number of halogens is 8. The van der Waals surface area contributed by atoms with E-state index < -0.39 is 57.7 Å². The third-order valence-corrected chi connectivity index (χ3v) is 2.49. The molecular weight excluding hydrogens is 296 g/mol. The lowest BCUT2D eigenvalue weighted by Gasteiger charge is -2.09. The molecule has 0 aliphatic rings. The van der Waals surface area contributed by atoms with Gasteiger partial charge < -0.3 is 0 Å². The lowest BCUT2D eigenvalue weighted by atomic mass is 10.0. The van der Waals surface area contributed by atoms with E-state index in [9.17, 15) is 35.1 Å². The van der Waals surface area contributed by atoms with Gasteiger partial charge in [-0.2, -0.15) is 0 Å². The minimum absolute atomic E-state index is 0.00292. The van der Waals surface area contributed by atoms with Crippen LogP contribution in [0.25, 0.3) is 11.1 Å². The minimum atomic E-state index is -2.44. The predicted molar refractivity (Wildman–Crippen MR) is 51.5 cm³/mol. The van der Waals surface area contributed by atoms with Crippen molar-refractivity contribution in [2.75, 3.05) is 0 Å². The Morgan fingerprint density at radius 1 is 0.450 bits per heavy atom. The number of benzene rings is 2.